The van der Waals surface area contributed by atoms with Crippen molar-refractivity contribution in [2.45, 2.75) is 18.9 Å². The summed E-state index contributed by atoms with van der Waals surface area (Å²) in [7, 11) is 5.65. The van der Waals surface area contributed by atoms with Gasteiger partial charge in [-0.05, 0) is 50.7 Å². The van der Waals surface area contributed by atoms with Gasteiger partial charge in [0.15, 0.2) is 0 Å². The summed E-state index contributed by atoms with van der Waals surface area (Å²) < 4.78 is 10.2. The average molecular weight is 399 g/mol. The number of hydrogen-bond donors (Lipinski definition) is 1. The molecule has 1 aromatic carbocycles. The van der Waals surface area contributed by atoms with E-state index in [1.807, 2.05) is 38.4 Å². The molecule has 7 nitrogen and oxygen atoms in total. The second kappa shape index (κ2) is 9.60. The number of hydrogen-bond acceptors (Lipinski definition) is 5. The molecule has 0 spiro atoms. The van der Waals surface area contributed by atoms with Crippen LogP contribution in [0, 0.1) is 5.92 Å². The lowest BCUT2D eigenvalue weighted by Gasteiger charge is -2.32. The van der Waals surface area contributed by atoms with Gasteiger partial charge >= 0.3 is 0 Å². The van der Waals surface area contributed by atoms with E-state index in [1.54, 1.807) is 18.1 Å². The summed E-state index contributed by atoms with van der Waals surface area (Å²) in [6.07, 6.45) is 4.30. The fraction of sp³-hybridized carbons (Fsp3) is 0.455. The smallest absolute Gasteiger partial charge is 0.257 e. The van der Waals surface area contributed by atoms with Crippen LogP contribution in [0.4, 0.5) is 0 Å². The quantitative estimate of drug-likeness (QED) is 0.775. The number of ether oxygens (including phenoxy) is 1. The van der Waals surface area contributed by atoms with Crippen molar-refractivity contribution in [1.82, 2.24) is 15.1 Å². The van der Waals surface area contributed by atoms with Crippen molar-refractivity contribution < 1.29 is 18.7 Å². The van der Waals surface area contributed by atoms with Crippen molar-refractivity contribution in [1.29, 1.82) is 0 Å². The van der Waals surface area contributed by atoms with Gasteiger partial charge in [-0.15, -0.1) is 0 Å². The zero-order valence-electron chi connectivity index (χ0n) is 17.3. The third-order valence-electron chi connectivity index (χ3n) is 5.51. The molecule has 0 bridgehead atoms. The zero-order valence-corrected chi connectivity index (χ0v) is 17.3. The predicted molar refractivity (Wildman–Crippen MR) is 110 cm³/mol. The number of furan rings is 1. The van der Waals surface area contributed by atoms with E-state index >= 15 is 0 Å². The predicted octanol–water partition coefficient (Wildman–Crippen LogP) is 2.56. The second-order valence-corrected chi connectivity index (χ2v) is 7.58. The van der Waals surface area contributed by atoms with Gasteiger partial charge in [0.25, 0.3) is 5.91 Å². The molecule has 1 fully saturated rings. The largest absolute Gasteiger partial charge is 0.497 e. The number of carbonyl (C=O) groups excluding carboxylic acids is 2. The molecule has 2 amide bonds. The van der Waals surface area contributed by atoms with Crippen LogP contribution in [0.2, 0.25) is 0 Å². The van der Waals surface area contributed by atoms with Gasteiger partial charge in [0.05, 0.1) is 25.0 Å². The third kappa shape index (κ3) is 5.17. The van der Waals surface area contributed by atoms with E-state index in [0.29, 0.717) is 38.0 Å². The number of amides is 2. The van der Waals surface area contributed by atoms with Gasteiger partial charge in [-0.3, -0.25) is 9.59 Å². The van der Waals surface area contributed by atoms with Crippen LogP contribution < -0.4 is 10.1 Å². The standard InChI is InChI=1S/C22H29N3O4/c1-24(2)20(16-4-6-19(28-3)7-5-16)14-23-21(26)17-8-11-25(12-9-17)22(27)18-10-13-29-15-18/h4-7,10,13,15,17,20H,8-9,11-12,14H2,1-3H3,(H,23,26). The van der Waals surface area contributed by atoms with Crippen molar-refractivity contribution in [2.75, 3.05) is 40.8 Å². The summed E-state index contributed by atoms with van der Waals surface area (Å²) in [5, 5.41) is 3.10. The fourth-order valence-corrected chi connectivity index (χ4v) is 3.68. The first-order valence-corrected chi connectivity index (χ1v) is 9.89. The average Bonchev–Trinajstić information content (AvgIpc) is 3.28. The topological polar surface area (TPSA) is 75.0 Å². The molecule has 0 saturated carbocycles. The van der Waals surface area contributed by atoms with E-state index in [9.17, 15) is 9.59 Å². The molecule has 1 unspecified atom stereocenters. The summed E-state index contributed by atoms with van der Waals surface area (Å²) in [5.41, 5.74) is 1.68. The van der Waals surface area contributed by atoms with Gasteiger partial charge in [-0.2, -0.15) is 0 Å². The molecule has 1 aliphatic heterocycles. The van der Waals surface area contributed by atoms with E-state index in [2.05, 4.69) is 10.2 Å². The summed E-state index contributed by atoms with van der Waals surface area (Å²) in [4.78, 5) is 29.0. The molecule has 1 atom stereocenters. The molecular weight excluding hydrogens is 370 g/mol. The Morgan fingerprint density at radius 2 is 1.90 bits per heavy atom. The minimum atomic E-state index is -0.0675. The van der Waals surface area contributed by atoms with Crippen LogP contribution in [0.3, 0.4) is 0 Å². The first-order chi connectivity index (χ1) is 14.0. The van der Waals surface area contributed by atoms with Crippen molar-refractivity contribution in [2.24, 2.45) is 5.92 Å². The fourth-order valence-electron chi connectivity index (χ4n) is 3.68. The molecule has 2 heterocycles. The van der Waals surface area contributed by atoms with E-state index in [-0.39, 0.29) is 23.8 Å². The maximum Gasteiger partial charge on any atom is 0.257 e. The van der Waals surface area contributed by atoms with E-state index in [0.717, 1.165) is 11.3 Å². The molecule has 7 heteroatoms. The molecule has 0 radical (unpaired) electrons. The number of likely N-dealkylation sites (N-methyl/N-ethyl adjacent to an activating group) is 1. The van der Waals surface area contributed by atoms with Crippen molar-refractivity contribution in [3.05, 3.63) is 54.0 Å². The highest BCUT2D eigenvalue weighted by Gasteiger charge is 2.28. The van der Waals surface area contributed by atoms with Gasteiger partial charge in [0.1, 0.15) is 12.0 Å². The van der Waals surface area contributed by atoms with Crippen molar-refractivity contribution in [3.8, 4) is 5.75 Å². The number of methoxy groups -OCH3 is 1. The number of likely N-dealkylation sites (tertiary alicyclic amines) is 1. The minimum absolute atomic E-state index is 0.0372. The Morgan fingerprint density at radius 3 is 2.45 bits per heavy atom. The van der Waals surface area contributed by atoms with Crippen LogP contribution >= 0.6 is 0 Å². The van der Waals surface area contributed by atoms with Crippen LogP contribution in [0.5, 0.6) is 5.75 Å². The van der Waals surface area contributed by atoms with Gasteiger partial charge in [-0.25, -0.2) is 0 Å². The Bertz CT molecular complexity index is 794. The number of nitrogens with one attached hydrogen (secondary N) is 1. The molecule has 1 aromatic heterocycles. The van der Waals surface area contributed by atoms with Crippen LogP contribution in [-0.2, 0) is 4.79 Å². The molecular formula is C22H29N3O4. The molecule has 1 N–H and O–H groups in total. The summed E-state index contributed by atoms with van der Waals surface area (Å²) >= 11 is 0. The number of piperidine rings is 1. The van der Waals surface area contributed by atoms with Gasteiger partial charge in [0, 0.05) is 25.6 Å². The Kier molecular flexibility index (Phi) is 6.93. The lowest BCUT2D eigenvalue weighted by atomic mass is 9.95. The normalized spacial score (nSPS) is 15.9. The minimum Gasteiger partial charge on any atom is -0.497 e. The zero-order chi connectivity index (χ0) is 20.8. The molecule has 29 heavy (non-hydrogen) atoms. The molecule has 2 aromatic rings. The second-order valence-electron chi connectivity index (χ2n) is 7.58. The summed E-state index contributed by atoms with van der Waals surface area (Å²) in [5.74, 6) is 0.764. The highest BCUT2D eigenvalue weighted by Crippen LogP contribution is 2.22. The molecule has 3 rings (SSSR count). The first kappa shape index (κ1) is 20.9. The lowest BCUT2D eigenvalue weighted by molar-refractivity contribution is -0.126. The number of rotatable bonds is 7. The number of carbonyl (C=O) groups is 2. The van der Waals surface area contributed by atoms with Crippen molar-refractivity contribution in [3.63, 3.8) is 0 Å². The highest BCUT2D eigenvalue weighted by atomic mass is 16.5. The Morgan fingerprint density at radius 1 is 1.21 bits per heavy atom. The monoisotopic (exact) mass is 399 g/mol. The number of benzene rings is 1. The molecule has 156 valence electrons. The van der Waals surface area contributed by atoms with Crippen LogP contribution in [0.25, 0.3) is 0 Å². The SMILES string of the molecule is COc1ccc(C(CNC(=O)C2CCN(C(=O)c3ccoc3)CC2)N(C)C)cc1. The molecule has 1 aliphatic rings. The van der Waals surface area contributed by atoms with Crippen LogP contribution in [-0.4, -0.2) is 62.5 Å². The van der Waals surface area contributed by atoms with Crippen molar-refractivity contribution >= 4 is 11.8 Å². The Labute approximate surface area is 171 Å². The maximum absolute atomic E-state index is 12.7. The summed E-state index contributed by atoms with van der Waals surface area (Å²) in [6.45, 7) is 1.70. The van der Waals surface area contributed by atoms with E-state index in [1.165, 1.54) is 12.5 Å². The maximum atomic E-state index is 12.7. The van der Waals surface area contributed by atoms with E-state index in [4.69, 9.17) is 9.15 Å². The van der Waals surface area contributed by atoms with Crippen LogP contribution in [0.15, 0.2) is 47.3 Å². The van der Waals surface area contributed by atoms with E-state index < -0.39 is 0 Å². The van der Waals surface area contributed by atoms with Gasteiger partial charge < -0.3 is 24.3 Å². The Balaban J connectivity index is 1.51. The van der Waals surface area contributed by atoms with Crippen LogP contribution in [0.1, 0.15) is 34.8 Å². The third-order valence-corrected chi connectivity index (χ3v) is 5.51. The number of nitrogens with zero attached hydrogens (tertiary/aromatic N) is 2. The summed E-state index contributed by atoms with van der Waals surface area (Å²) in [6, 6.07) is 9.65. The van der Waals surface area contributed by atoms with Gasteiger partial charge in [-0.1, -0.05) is 12.1 Å². The Hall–Kier alpha value is -2.80. The highest BCUT2D eigenvalue weighted by molar-refractivity contribution is 5.94. The molecule has 1 saturated heterocycles. The van der Waals surface area contributed by atoms with Gasteiger partial charge in [0.2, 0.25) is 5.91 Å². The lowest BCUT2D eigenvalue weighted by Crippen LogP contribution is -2.44. The first-order valence-electron chi connectivity index (χ1n) is 9.89. The molecule has 0 aliphatic carbocycles.